The summed E-state index contributed by atoms with van der Waals surface area (Å²) >= 11 is 4.75. The van der Waals surface area contributed by atoms with Crippen LogP contribution in [-0.2, 0) is 11.0 Å². The zero-order valence-electron chi connectivity index (χ0n) is 11.3. The van der Waals surface area contributed by atoms with Gasteiger partial charge in [0.1, 0.15) is 16.5 Å². The number of carbonyl (C=O) groups is 1. The van der Waals surface area contributed by atoms with E-state index in [4.69, 9.17) is 18.0 Å². The zero-order valence-corrected chi connectivity index (χ0v) is 12.1. The van der Waals surface area contributed by atoms with Gasteiger partial charge in [-0.1, -0.05) is 19.1 Å². The first-order valence-corrected chi connectivity index (χ1v) is 6.55. The molecule has 9 heteroatoms. The molecule has 116 valence electrons. The van der Waals surface area contributed by atoms with Crippen molar-refractivity contribution in [3.63, 3.8) is 0 Å². The summed E-state index contributed by atoms with van der Waals surface area (Å²) in [6, 6.07) is 1.92. The summed E-state index contributed by atoms with van der Waals surface area (Å²) < 4.78 is 37.9. The highest BCUT2D eigenvalue weighted by atomic mass is 32.1. The fourth-order valence-corrected chi connectivity index (χ4v) is 1.61. The van der Waals surface area contributed by atoms with E-state index in [0.717, 1.165) is 18.6 Å². The lowest BCUT2D eigenvalue weighted by molar-refractivity contribution is -0.141. The average molecular weight is 320 g/mol. The van der Waals surface area contributed by atoms with E-state index in [2.05, 4.69) is 15.6 Å². The summed E-state index contributed by atoms with van der Waals surface area (Å²) in [5.74, 6) is -0.520. The van der Waals surface area contributed by atoms with Crippen LogP contribution < -0.4 is 16.4 Å². The fourth-order valence-electron chi connectivity index (χ4n) is 1.44. The van der Waals surface area contributed by atoms with Crippen LogP contribution in [0.4, 0.5) is 19.0 Å². The van der Waals surface area contributed by atoms with E-state index < -0.39 is 11.9 Å². The lowest BCUT2D eigenvalue weighted by Crippen LogP contribution is -2.31. The number of halogens is 3. The second-order valence-corrected chi connectivity index (χ2v) is 4.60. The largest absolute Gasteiger partial charge is 0.433 e. The van der Waals surface area contributed by atoms with Gasteiger partial charge in [0, 0.05) is 6.54 Å². The maximum Gasteiger partial charge on any atom is 0.433 e. The van der Waals surface area contributed by atoms with Gasteiger partial charge in [0.2, 0.25) is 5.91 Å². The molecule has 0 radical (unpaired) electrons. The Kier molecular flexibility index (Phi) is 5.89. The normalized spacial score (nSPS) is 11.0. The number of nitrogens with zero attached hydrogens (tertiary/aromatic N) is 1. The van der Waals surface area contributed by atoms with Crippen LogP contribution in [0.1, 0.15) is 24.6 Å². The molecule has 0 spiro atoms. The summed E-state index contributed by atoms with van der Waals surface area (Å²) in [6.07, 6.45) is -3.83. The van der Waals surface area contributed by atoms with Crippen molar-refractivity contribution in [1.82, 2.24) is 10.3 Å². The highest BCUT2D eigenvalue weighted by molar-refractivity contribution is 7.80. The highest BCUT2D eigenvalue weighted by Gasteiger charge is 2.33. The Balaban J connectivity index is 2.91. The molecule has 0 aromatic carbocycles. The van der Waals surface area contributed by atoms with E-state index in [-0.39, 0.29) is 28.8 Å². The highest BCUT2D eigenvalue weighted by Crippen LogP contribution is 2.29. The number of thiocarbonyl (C=S) groups is 1. The van der Waals surface area contributed by atoms with Crippen LogP contribution in [0.3, 0.4) is 0 Å². The van der Waals surface area contributed by atoms with Crippen LogP contribution in [0.15, 0.2) is 12.1 Å². The molecule has 1 rings (SSSR count). The van der Waals surface area contributed by atoms with E-state index in [9.17, 15) is 18.0 Å². The number of carbonyl (C=O) groups excluding carboxylic acids is 1. The van der Waals surface area contributed by atoms with Gasteiger partial charge in [0.05, 0.1) is 12.1 Å². The van der Waals surface area contributed by atoms with Crippen LogP contribution >= 0.6 is 12.2 Å². The van der Waals surface area contributed by atoms with E-state index in [1.807, 2.05) is 6.92 Å². The molecule has 0 aliphatic heterocycles. The maximum absolute atomic E-state index is 12.6. The minimum atomic E-state index is -4.59. The number of rotatable bonds is 6. The van der Waals surface area contributed by atoms with Crippen LogP contribution in [0.2, 0.25) is 0 Å². The minimum absolute atomic E-state index is 0.104. The standard InChI is InChI=1S/C12H15F3N4OS/c1-2-5-17-9(20)6-18-11-7(10(16)21)3-4-8(19-11)12(13,14)15/h3-4H,2,5-6H2,1H3,(H2,16,21)(H,17,20)(H,18,19). The van der Waals surface area contributed by atoms with Crippen LogP contribution in [0.25, 0.3) is 0 Å². The summed E-state index contributed by atoms with van der Waals surface area (Å²) in [4.78, 5) is 14.8. The lowest BCUT2D eigenvalue weighted by Gasteiger charge is -2.13. The summed E-state index contributed by atoms with van der Waals surface area (Å²) in [6.45, 7) is 2.15. The topological polar surface area (TPSA) is 80.0 Å². The maximum atomic E-state index is 12.6. The number of alkyl halides is 3. The monoisotopic (exact) mass is 320 g/mol. The fraction of sp³-hybridized carbons (Fsp3) is 0.417. The molecule has 0 saturated heterocycles. The molecule has 1 aromatic rings. The van der Waals surface area contributed by atoms with Crippen LogP contribution in [0, 0.1) is 0 Å². The number of anilines is 1. The SMILES string of the molecule is CCCNC(=O)CNc1nc(C(F)(F)F)ccc1C(N)=S. The molecule has 4 N–H and O–H groups in total. The molecule has 1 amide bonds. The number of nitrogens with two attached hydrogens (primary N) is 1. The molecule has 0 atom stereocenters. The second kappa shape index (κ2) is 7.21. The number of hydrogen-bond donors (Lipinski definition) is 3. The Bertz CT molecular complexity index is 534. The first kappa shape index (κ1) is 17.2. The Hall–Kier alpha value is -1.90. The van der Waals surface area contributed by atoms with Crippen molar-refractivity contribution in [3.05, 3.63) is 23.4 Å². The number of pyridine rings is 1. The first-order chi connectivity index (χ1) is 9.75. The molecule has 1 heterocycles. The number of aromatic nitrogens is 1. The van der Waals surface area contributed by atoms with Crippen molar-refractivity contribution >= 4 is 28.9 Å². The third-order valence-electron chi connectivity index (χ3n) is 2.44. The van der Waals surface area contributed by atoms with Crippen molar-refractivity contribution < 1.29 is 18.0 Å². The predicted molar refractivity (Wildman–Crippen MR) is 76.9 cm³/mol. The molecule has 0 fully saturated rings. The third kappa shape index (κ3) is 5.18. The Morgan fingerprint density at radius 2 is 2.10 bits per heavy atom. The molecular formula is C12H15F3N4OS. The molecular weight excluding hydrogens is 305 g/mol. The van der Waals surface area contributed by atoms with Crippen molar-refractivity contribution in [2.24, 2.45) is 5.73 Å². The van der Waals surface area contributed by atoms with E-state index >= 15 is 0 Å². The van der Waals surface area contributed by atoms with Gasteiger partial charge in [-0.05, 0) is 18.6 Å². The average Bonchev–Trinajstić information content (AvgIpc) is 2.41. The van der Waals surface area contributed by atoms with E-state index in [1.165, 1.54) is 0 Å². The number of hydrogen-bond acceptors (Lipinski definition) is 4. The smallest absolute Gasteiger partial charge is 0.389 e. The lowest BCUT2D eigenvalue weighted by atomic mass is 10.2. The Morgan fingerprint density at radius 3 is 2.62 bits per heavy atom. The second-order valence-electron chi connectivity index (χ2n) is 4.16. The first-order valence-electron chi connectivity index (χ1n) is 6.14. The van der Waals surface area contributed by atoms with Crippen molar-refractivity contribution in [2.75, 3.05) is 18.4 Å². The quantitative estimate of drug-likeness (QED) is 0.695. The van der Waals surface area contributed by atoms with Crippen LogP contribution in [-0.4, -0.2) is 29.0 Å². The number of nitrogens with one attached hydrogen (secondary N) is 2. The van der Waals surface area contributed by atoms with Gasteiger partial charge in [-0.25, -0.2) is 4.98 Å². The summed E-state index contributed by atoms with van der Waals surface area (Å²) in [7, 11) is 0. The zero-order chi connectivity index (χ0) is 16.0. The molecule has 0 unspecified atom stereocenters. The molecule has 0 aliphatic rings. The van der Waals surface area contributed by atoms with Gasteiger partial charge in [-0.2, -0.15) is 13.2 Å². The molecule has 21 heavy (non-hydrogen) atoms. The summed E-state index contributed by atoms with van der Waals surface area (Å²) in [5, 5.41) is 5.11. The Labute approximate surface area is 125 Å². The van der Waals surface area contributed by atoms with Crippen LogP contribution in [0.5, 0.6) is 0 Å². The van der Waals surface area contributed by atoms with Gasteiger partial charge in [0.15, 0.2) is 0 Å². The van der Waals surface area contributed by atoms with Crippen molar-refractivity contribution in [2.45, 2.75) is 19.5 Å². The van der Waals surface area contributed by atoms with Gasteiger partial charge >= 0.3 is 6.18 Å². The number of amides is 1. The molecule has 1 aromatic heterocycles. The van der Waals surface area contributed by atoms with Gasteiger partial charge in [-0.3, -0.25) is 4.79 Å². The van der Waals surface area contributed by atoms with Crippen molar-refractivity contribution in [3.8, 4) is 0 Å². The third-order valence-corrected chi connectivity index (χ3v) is 2.66. The molecule has 5 nitrogen and oxygen atoms in total. The predicted octanol–water partition coefficient (Wildman–Crippen LogP) is 1.67. The van der Waals surface area contributed by atoms with E-state index in [1.54, 1.807) is 0 Å². The molecule has 0 aliphatic carbocycles. The Morgan fingerprint density at radius 1 is 1.43 bits per heavy atom. The van der Waals surface area contributed by atoms with Gasteiger partial charge in [0.25, 0.3) is 0 Å². The molecule has 0 bridgehead atoms. The minimum Gasteiger partial charge on any atom is -0.389 e. The van der Waals surface area contributed by atoms with Crippen molar-refractivity contribution in [1.29, 1.82) is 0 Å². The van der Waals surface area contributed by atoms with E-state index in [0.29, 0.717) is 6.54 Å². The summed E-state index contributed by atoms with van der Waals surface area (Å²) in [5.41, 5.74) is 4.50. The van der Waals surface area contributed by atoms with Gasteiger partial charge in [-0.15, -0.1) is 0 Å². The van der Waals surface area contributed by atoms with Gasteiger partial charge < -0.3 is 16.4 Å². The molecule has 0 saturated carbocycles.